The number of rotatable bonds is 3. The number of morpholine rings is 1. The number of aromatic nitrogens is 2. The molecule has 2 rings (SSSR count). The fourth-order valence-corrected chi connectivity index (χ4v) is 3.66. The van der Waals surface area contributed by atoms with Crippen LogP contribution in [0.5, 0.6) is 0 Å². The summed E-state index contributed by atoms with van der Waals surface area (Å²) >= 11 is 3.31. The van der Waals surface area contributed by atoms with Crippen LogP contribution in [-0.4, -0.2) is 53.4 Å². The van der Waals surface area contributed by atoms with Gasteiger partial charge in [-0.3, -0.25) is 0 Å². The van der Waals surface area contributed by atoms with Crippen molar-refractivity contribution in [1.82, 2.24) is 13.9 Å². The Morgan fingerprint density at radius 3 is 2.89 bits per heavy atom. The average Bonchev–Trinajstić information content (AvgIpc) is 2.70. The van der Waals surface area contributed by atoms with Crippen LogP contribution < -0.4 is 0 Å². The summed E-state index contributed by atoms with van der Waals surface area (Å²) in [5, 5.41) is 0.734. The molecule has 0 N–H and O–H groups in total. The predicted octanol–water partition coefficient (Wildman–Crippen LogP) is 0.513. The van der Waals surface area contributed by atoms with Crippen molar-refractivity contribution in [3.8, 4) is 0 Å². The lowest BCUT2D eigenvalue weighted by Gasteiger charge is -2.30. The minimum atomic E-state index is -3.51. The molecule has 1 unspecified atom stereocenters. The van der Waals surface area contributed by atoms with Crippen LogP contribution in [-0.2, 0) is 21.8 Å². The van der Waals surface area contributed by atoms with Gasteiger partial charge >= 0.3 is 0 Å². The SMILES string of the molecule is Cc1nc(S(=O)(=O)N2CCOC(CBr)C2)cn1C. The Morgan fingerprint density at radius 2 is 2.33 bits per heavy atom. The third-order valence-electron chi connectivity index (χ3n) is 2.96. The Kier molecular flexibility index (Phi) is 4.10. The van der Waals surface area contributed by atoms with Crippen molar-refractivity contribution in [1.29, 1.82) is 0 Å². The predicted molar refractivity (Wildman–Crippen MR) is 70.2 cm³/mol. The highest BCUT2D eigenvalue weighted by Crippen LogP contribution is 2.18. The molecular formula is C10H16BrN3O3S. The Hall–Kier alpha value is -0.440. The van der Waals surface area contributed by atoms with E-state index in [9.17, 15) is 8.42 Å². The molecule has 18 heavy (non-hydrogen) atoms. The Morgan fingerprint density at radius 1 is 1.61 bits per heavy atom. The number of alkyl halides is 1. The molecule has 1 aromatic heterocycles. The summed E-state index contributed by atoms with van der Waals surface area (Å²) < 4.78 is 33.4. The summed E-state index contributed by atoms with van der Waals surface area (Å²) in [5.41, 5.74) is 0. The largest absolute Gasteiger partial charge is 0.375 e. The van der Waals surface area contributed by atoms with Gasteiger partial charge in [-0.15, -0.1) is 0 Å². The summed E-state index contributed by atoms with van der Waals surface area (Å²) in [6.07, 6.45) is 1.45. The molecule has 0 aliphatic carbocycles. The van der Waals surface area contributed by atoms with Crippen LogP contribution in [0.25, 0.3) is 0 Å². The van der Waals surface area contributed by atoms with Crippen molar-refractivity contribution in [2.24, 2.45) is 7.05 Å². The minimum Gasteiger partial charge on any atom is -0.375 e. The average molecular weight is 338 g/mol. The second-order valence-electron chi connectivity index (χ2n) is 4.25. The van der Waals surface area contributed by atoms with Crippen molar-refractivity contribution < 1.29 is 13.2 Å². The van der Waals surface area contributed by atoms with Crippen LogP contribution in [0, 0.1) is 6.92 Å². The smallest absolute Gasteiger partial charge is 0.262 e. The molecule has 8 heteroatoms. The Bertz CT molecular complexity index is 509. The first-order chi connectivity index (χ1) is 8.45. The van der Waals surface area contributed by atoms with E-state index in [1.165, 1.54) is 4.31 Å². The first kappa shape index (κ1) is 14.0. The topological polar surface area (TPSA) is 64.4 Å². The second kappa shape index (κ2) is 5.28. The molecule has 102 valence electrons. The molecule has 1 atom stereocenters. The van der Waals surface area contributed by atoms with Crippen molar-refractivity contribution >= 4 is 26.0 Å². The zero-order chi connectivity index (χ0) is 13.3. The van der Waals surface area contributed by atoms with Gasteiger partial charge < -0.3 is 9.30 Å². The fraction of sp³-hybridized carbons (Fsp3) is 0.700. The highest BCUT2D eigenvalue weighted by molar-refractivity contribution is 9.09. The van der Waals surface area contributed by atoms with Gasteiger partial charge in [0.2, 0.25) is 0 Å². The number of aryl methyl sites for hydroxylation is 2. The van der Waals surface area contributed by atoms with Gasteiger partial charge in [0.15, 0.2) is 5.03 Å². The third-order valence-corrected chi connectivity index (χ3v) is 5.42. The first-order valence-corrected chi connectivity index (χ1v) is 8.19. The van der Waals surface area contributed by atoms with Gasteiger partial charge in [0.05, 0.1) is 12.7 Å². The van der Waals surface area contributed by atoms with E-state index in [1.54, 1.807) is 24.7 Å². The molecule has 2 heterocycles. The number of halogens is 1. The zero-order valence-electron chi connectivity index (χ0n) is 10.3. The molecular weight excluding hydrogens is 322 g/mol. The van der Waals surface area contributed by atoms with Crippen LogP contribution in [0.2, 0.25) is 0 Å². The van der Waals surface area contributed by atoms with E-state index in [0.717, 1.165) is 0 Å². The summed E-state index contributed by atoms with van der Waals surface area (Å²) in [5.74, 6) is 0.680. The van der Waals surface area contributed by atoms with Gasteiger partial charge in [-0.25, -0.2) is 13.4 Å². The van der Waals surface area contributed by atoms with Crippen LogP contribution in [0.4, 0.5) is 0 Å². The normalized spacial score (nSPS) is 22.3. The molecule has 0 radical (unpaired) electrons. The summed E-state index contributed by atoms with van der Waals surface area (Å²) in [6.45, 7) is 2.94. The maximum atomic E-state index is 12.4. The van der Waals surface area contributed by atoms with E-state index in [4.69, 9.17) is 4.74 Å². The number of hydrogen-bond donors (Lipinski definition) is 0. The maximum absolute atomic E-state index is 12.4. The van der Waals surface area contributed by atoms with Crippen molar-refractivity contribution in [2.75, 3.05) is 25.0 Å². The summed E-state index contributed by atoms with van der Waals surface area (Å²) in [6, 6.07) is 0. The monoisotopic (exact) mass is 337 g/mol. The van der Waals surface area contributed by atoms with E-state index in [-0.39, 0.29) is 11.1 Å². The minimum absolute atomic E-state index is 0.0988. The number of ether oxygens (including phenoxy) is 1. The van der Waals surface area contributed by atoms with E-state index in [1.807, 2.05) is 0 Å². The molecule has 1 saturated heterocycles. The molecule has 1 aliphatic heterocycles. The zero-order valence-corrected chi connectivity index (χ0v) is 12.7. The quantitative estimate of drug-likeness (QED) is 0.754. The maximum Gasteiger partial charge on any atom is 0.262 e. The van der Waals surface area contributed by atoms with E-state index in [2.05, 4.69) is 20.9 Å². The fourth-order valence-electron chi connectivity index (χ4n) is 1.79. The molecule has 0 aromatic carbocycles. The molecule has 0 amide bonds. The van der Waals surface area contributed by atoms with Crippen LogP contribution in [0.15, 0.2) is 11.2 Å². The van der Waals surface area contributed by atoms with E-state index >= 15 is 0 Å². The van der Waals surface area contributed by atoms with Crippen LogP contribution >= 0.6 is 15.9 Å². The first-order valence-electron chi connectivity index (χ1n) is 5.63. The van der Waals surface area contributed by atoms with Crippen molar-refractivity contribution in [2.45, 2.75) is 18.1 Å². The van der Waals surface area contributed by atoms with Gasteiger partial charge in [0, 0.05) is 31.7 Å². The number of imidazole rings is 1. The molecule has 1 fully saturated rings. The van der Waals surface area contributed by atoms with Crippen molar-refractivity contribution in [3.63, 3.8) is 0 Å². The van der Waals surface area contributed by atoms with Crippen molar-refractivity contribution in [3.05, 3.63) is 12.0 Å². The number of hydrogen-bond acceptors (Lipinski definition) is 4. The van der Waals surface area contributed by atoms with Crippen LogP contribution in [0.3, 0.4) is 0 Å². The lowest BCUT2D eigenvalue weighted by atomic mass is 10.3. The second-order valence-corrected chi connectivity index (χ2v) is 6.78. The molecule has 0 saturated carbocycles. The van der Waals surface area contributed by atoms with Gasteiger partial charge in [-0.05, 0) is 6.92 Å². The highest BCUT2D eigenvalue weighted by atomic mass is 79.9. The number of nitrogens with zero attached hydrogens (tertiary/aromatic N) is 3. The standard InChI is InChI=1S/C10H16BrN3O3S/c1-8-12-10(7-13(8)2)18(15,16)14-3-4-17-9(5-11)6-14/h7,9H,3-6H2,1-2H3. The Balaban J connectivity index is 2.25. The van der Waals surface area contributed by atoms with E-state index in [0.29, 0.717) is 30.9 Å². The lowest BCUT2D eigenvalue weighted by Crippen LogP contribution is -2.46. The Labute approximate surface area is 115 Å². The lowest BCUT2D eigenvalue weighted by molar-refractivity contribution is 0.0136. The van der Waals surface area contributed by atoms with Gasteiger partial charge in [-0.1, -0.05) is 15.9 Å². The van der Waals surface area contributed by atoms with E-state index < -0.39 is 10.0 Å². The number of sulfonamides is 1. The summed E-state index contributed by atoms with van der Waals surface area (Å²) in [4.78, 5) is 4.09. The van der Waals surface area contributed by atoms with Crippen LogP contribution in [0.1, 0.15) is 5.82 Å². The molecule has 0 spiro atoms. The molecule has 1 aromatic rings. The molecule has 1 aliphatic rings. The molecule has 6 nitrogen and oxygen atoms in total. The van der Waals surface area contributed by atoms with Gasteiger partial charge in [0.1, 0.15) is 5.82 Å². The van der Waals surface area contributed by atoms with Gasteiger partial charge in [-0.2, -0.15) is 4.31 Å². The third kappa shape index (κ3) is 2.61. The highest BCUT2D eigenvalue weighted by Gasteiger charge is 2.32. The summed E-state index contributed by atoms with van der Waals surface area (Å²) in [7, 11) is -1.73. The van der Waals surface area contributed by atoms with Gasteiger partial charge in [0.25, 0.3) is 10.0 Å². The molecule has 0 bridgehead atoms.